The number of halogens is 8. The third kappa shape index (κ3) is 9.94. The summed E-state index contributed by atoms with van der Waals surface area (Å²) < 4.78 is 181. The molecule has 0 amide bonds. The molecule has 0 aromatic heterocycles. The lowest BCUT2D eigenvalue weighted by atomic mass is 10.3. The first-order valence-electron chi connectivity index (χ1n) is 8.99. The van der Waals surface area contributed by atoms with Crippen molar-refractivity contribution >= 4 is 52.0 Å². The van der Waals surface area contributed by atoms with Gasteiger partial charge in [0.25, 0.3) is 0 Å². The van der Waals surface area contributed by atoms with Crippen molar-refractivity contribution in [2.45, 2.75) is 30.6 Å². The molecule has 0 radical (unpaired) electrons. The minimum atomic E-state index is -5.26. The average molecular weight is 658 g/mol. The molecule has 0 aliphatic rings. The van der Waals surface area contributed by atoms with Gasteiger partial charge in [0, 0.05) is 9.79 Å². The lowest BCUT2D eigenvalue weighted by Gasteiger charge is -2.13. The smallest absolute Gasteiger partial charge is 0.282 e. The SMILES string of the molecule is O=[PH](OCOS(=O)(=O)c1c(F)cccc1SC(F)(F)F)OCOS(=O)(=O)c1c(F)cccc1SC(F)(F)F. The maximum absolute atomic E-state index is 13.9. The van der Waals surface area contributed by atoms with Crippen LogP contribution in [0.1, 0.15) is 0 Å². The highest BCUT2D eigenvalue weighted by Gasteiger charge is 2.36. The van der Waals surface area contributed by atoms with Crippen molar-refractivity contribution in [2.75, 3.05) is 13.6 Å². The summed E-state index contributed by atoms with van der Waals surface area (Å²) in [5.74, 6) is -3.23. The number of benzene rings is 2. The quantitative estimate of drug-likeness (QED) is 0.0927. The molecule has 22 heteroatoms. The van der Waals surface area contributed by atoms with E-state index in [0.717, 1.165) is 12.1 Å². The second-order valence-electron chi connectivity index (χ2n) is 6.15. The minimum Gasteiger partial charge on any atom is -0.282 e. The van der Waals surface area contributed by atoms with Crippen LogP contribution in [0.5, 0.6) is 0 Å². The molecule has 0 atom stereocenters. The molecule has 2 aromatic carbocycles. The zero-order valence-electron chi connectivity index (χ0n) is 17.7. The summed E-state index contributed by atoms with van der Waals surface area (Å²) in [6, 6.07) is 3.91. The van der Waals surface area contributed by atoms with Gasteiger partial charge in [-0.3, -0.25) is 13.6 Å². The maximum Gasteiger partial charge on any atom is 0.446 e. The molecular formula is C16H11F8O9PS4. The van der Waals surface area contributed by atoms with Gasteiger partial charge in [0.1, 0.15) is 21.4 Å². The van der Waals surface area contributed by atoms with Crippen molar-refractivity contribution in [3.63, 3.8) is 0 Å². The molecule has 9 nitrogen and oxygen atoms in total. The Morgan fingerprint density at radius 3 is 1.34 bits per heavy atom. The summed E-state index contributed by atoms with van der Waals surface area (Å²) >= 11 is -1.92. The Bertz CT molecular complexity index is 1280. The van der Waals surface area contributed by atoms with Gasteiger partial charge in [-0.1, -0.05) is 12.1 Å². The standard InChI is InChI=1S/C16H11F8O9PS4/c17-9-3-1-5-11(35-15(19,20)21)13(9)37(26,27)32-7-30-34(25)31-8-33-38(28,29)14-10(18)4-2-6-12(14)36-16(22,23)24/h1-6,34H,7-8H2. The summed E-state index contributed by atoms with van der Waals surface area (Å²) in [5, 5.41) is 0. The van der Waals surface area contributed by atoms with Crippen LogP contribution in [-0.2, 0) is 42.2 Å². The molecule has 0 N–H and O–H groups in total. The first kappa shape index (κ1) is 32.8. The van der Waals surface area contributed by atoms with E-state index in [0.29, 0.717) is 24.3 Å². The second kappa shape index (κ2) is 12.8. The van der Waals surface area contributed by atoms with Crippen LogP contribution in [0, 0.1) is 11.6 Å². The lowest BCUT2D eigenvalue weighted by Crippen LogP contribution is -2.14. The lowest BCUT2D eigenvalue weighted by molar-refractivity contribution is -0.0338. The normalized spacial score (nSPS) is 13.3. The van der Waals surface area contributed by atoms with Gasteiger partial charge in [-0.05, 0) is 47.8 Å². The molecule has 38 heavy (non-hydrogen) atoms. The van der Waals surface area contributed by atoms with Crippen molar-refractivity contribution in [1.29, 1.82) is 0 Å². The summed E-state index contributed by atoms with van der Waals surface area (Å²) in [6.07, 6.45) is 0. The van der Waals surface area contributed by atoms with E-state index in [-0.39, 0.29) is 0 Å². The molecule has 2 rings (SSSR count). The summed E-state index contributed by atoms with van der Waals surface area (Å²) in [4.78, 5) is -5.18. The largest absolute Gasteiger partial charge is 0.446 e. The Hall–Kier alpha value is -1.45. The highest BCUT2D eigenvalue weighted by molar-refractivity contribution is 8.01. The van der Waals surface area contributed by atoms with Crippen molar-refractivity contribution in [1.82, 2.24) is 0 Å². The molecule has 0 heterocycles. The van der Waals surface area contributed by atoms with Crippen LogP contribution in [0.25, 0.3) is 0 Å². The van der Waals surface area contributed by atoms with Gasteiger partial charge in [-0.15, -0.1) is 0 Å². The third-order valence-electron chi connectivity index (χ3n) is 3.57. The van der Waals surface area contributed by atoms with E-state index in [9.17, 15) is 56.5 Å². The summed E-state index contributed by atoms with van der Waals surface area (Å²) in [7, 11) is -14.4. The fraction of sp³-hybridized carbons (Fsp3) is 0.250. The van der Waals surface area contributed by atoms with Crippen LogP contribution in [0.15, 0.2) is 56.0 Å². The van der Waals surface area contributed by atoms with Crippen molar-refractivity contribution in [2.24, 2.45) is 0 Å². The molecule has 0 saturated heterocycles. The van der Waals surface area contributed by atoms with Crippen LogP contribution >= 0.6 is 31.8 Å². The van der Waals surface area contributed by atoms with E-state index in [2.05, 4.69) is 17.4 Å². The zero-order valence-corrected chi connectivity index (χ0v) is 22.0. The highest BCUT2D eigenvalue weighted by Crippen LogP contribution is 2.42. The number of alkyl halides is 6. The molecule has 0 spiro atoms. The van der Waals surface area contributed by atoms with Crippen LogP contribution in [0.3, 0.4) is 0 Å². The zero-order chi connectivity index (χ0) is 28.9. The Morgan fingerprint density at radius 1 is 0.684 bits per heavy atom. The first-order valence-corrected chi connectivity index (χ1v) is 14.7. The Balaban J connectivity index is 1.99. The van der Waals surface area contributed by atoms with E-state index in [4.69, 9.17) is 0 Å². The number of thioether (sulfide) groups is 2. The average Bonchev–Trinajstić information content (AvgIpc) is 2.70. The molecule has 214 valence electrons. The third-order valence-corrected chi connectivity index (χ3v) is 8.76. The van der Waals surface area contributed by atoms with Gasteiger partial charge in [0.05, 0.1) is 0 Å². The fourth-order valence-corrected chi connectivity index (χ4v) is 6.73. The van der Waals surface area contributed by atoms with E-state index in [1.54, 1.807) is 0 Å². The number of hydrogen-bond acceptors (Lipinski definition) is 11. The van der Waals surface area contributed by atoms with Crippen molar-refractivity contribution < 1.29 is 73.9 Å². The molecule has 0 fully saturated rings. The van der Waals surface area contributed by atoms with Crippen LogP contribution in [0.4, 0.5) is 35.1 Å². The second-order valence-corrected chi connectivity index (χ2v) is 12.5. The molecule has 2 aromatic rings. The number of rotatable bonds is 12. The van der Waals surface area contributed by atoms with E-state index in [1.165, 1.54) is 0 Å². The van der Waals surface area contributed by atoms with Crippen LogP contribution in [-0.4, -0.2) is 41.4 Å². The molecule has 0 unspecified atom stereocenters. The predicted octanol–water partition coefficient (Wildman–Crippen LogP) is 5.64. The molecule has 0 aliphatic carbocycles. The van der Waals surface area contributed by atoms with Gasteiger partial charge in [-0.25, -0.2) is 17.1 Å². The van der Waals surface area contributed by atoms with Gasteiger partial charge in [-0.2, -0.15) is 43.2 Å². The Labute approximate surface area is 218 Å². The van der Waals surface area contributed by atoms with Crippen LogP contribution in [0.2, 0.25) is 0 Å². The minimum absolute atomic E-state index is 0.523. The molecule has 0 bridgehead atoms. The maximum atomic E-state index is 13.9. The molecule has 0 saturated carbocycles. The van der Waals surface area contributed by atoms with Gasteiger partial charge in [0.15, 0.2) is 13.6 Å². The summed E-state index contributed by atoms with van der Waals surface area (Å²) in [6.45, 7) is -3.03. The summed E-state index contributed by atoms with van der Waals surface area (Å²) in [5.41, 5.74) is -9.99. The van der Waals surface area contributed by atoms with Crippen LogP contribution < -0.4 is 0 Å². The van der Waals surface area contributed by atoms with Crippen molar-refractivity contribution in [3.05, 3.63) is 48.0 Å². The predicted molar refractivity (Wildman–Crippen MR) is 114 cm³/mol. The molecule has 0 aliphatic heterocycles. The van der Waals surface area contributed by atoms with E-state index >= 15 is 0 Å². The Morgan fingerprint density at radius 2 is 1.03 bits per heavy atom. The highest BCUT2D eigenvalue weighted by atomic mass is 32.2. The van der Waals surface area contributed by atoms with Gasteiger partial charge >= 0.3 is 39.5 Å². The monoisotopic (exact) mass is 658 g/mol. The van der Waals surface area contributed by atoms with Gasteiger partial charge in [0.2, 0.25) is 0 Å². The topological polar surface area (TPSA) is 122 Å². The van der Waals surface area contributed by atoms with E-state index < -0.39 is 108 Å². The molecular weight excluding hydrogens is 647 g/mol. The fourth-order valence-electron chi connectivity index (χ4n) is 2.30. The Kier molecular flexibility index (Phi) is 11.0. The van der Waals surface area contributed by atoms with Gasteiger partial charge < -0.3 is 0 Å². The van der Waals surface area contributed by atoms with E-state index in [1.807, 2.05) is 0 Å². The van der Waals surface area contributed by atoms with Crippen molar-refractivity contribution in [3.8, 4) is 0 Å². The first-order chi connectivity index (χ1) is 17.3. The number of hydrogen-bond donors (Lipinski definition) is 0.